The van der Waals surface area contributed by atoms with Gasteiger partial charge in [0.2, 0.25) is 11.8 Å². The van der Waals surface area contributed by atoms with Crippen molar-refractivity contribution >= 4 is 11.9 Å². The summed E-state index contributed by atoms with van der Waals surface area (Å²) >= 11 is 0. The molecule has 1 aliphatic heterocycles. The Morgan fingerprint density at radius 3 is 3.00 bits per heavy atom. The number of nitrogens with zero attached hydrogens (tertiary/aromatic N) is 2. The molecule has 0 amide bonds. The van der Waals surface area contributed by atoms with Crippen molar-refractivity contribution in [2.75, 3.05) is 18.5 Å². The highest BCUT2D eigenvalue weighted by Crippen LogP contribution is 2.20. The fourth-order valence-corrected chi connectivity index (χ4v) is 2.08. The second-order valence-corrected chi connectivity index (χ2v) is 4.65. The summed E-state index contributed by atoms with van der Waals surface area (Å²) in [4.78, 5) is 19.3. The third kappa shape index (κ3) is 3.80. The van der Waals surface area contributed by atoms with Crippen molar-refractivity contribution in [3.05, 3.63) is 11.8 Å². The van der Waals surface area contributed by atoms with Crippen molar-refractivity contribution in [1.29, 1.82) is 0 Å². The number of nitrogens with one attached hydrogen (secondary N) is 1. The zero-order chi connectivity index (χ0) is 14.5. The predicted molar refractivity (Wildman–Crippen MR) is 72.0 cm³/mol. The van der Waals surface area contributed by atoms with Crippen molar-refractivity contribution in [2.24, 2.45) is 0 Å². The fraction of sp³-hybridized carbons (Fsp3) is 0.615. The molecule has 1 fully saturated rings. The van der Waals surface area contributed by atoms with Gasteiger partial charge in [-0.3, -0.25) is 0 Å². The number of rotatable bonds is 6. The van der Waals surface area contributed by atoms with Crippen LogP contribution in [0.25, 0.3) is 0 Å². The molecule has 0 radical (unpaired) electrons. The highest BCUT2D eigenvalue weighted by molar-refractivity contribution is 5.72. The topological polar surface area (TPSA) is 93.6 Å². The maximum atomic E-state index is 10.8. The monoisotopic (exact) mass is 281 g/mol. The van der Waals surface area contributed by atoms with Crippen LogP contribution in [-0.2, 0) is 9.53 Å². The lowest BCUT2D eigenvalue weighted by Crippen LogP contribution is -2.25. The molecule has 2 atom stereocenters. The molecule has 20 heavy (non-hydrogen) atoms. The lowest BCUT2D eigenvalue weighted by atomic mass is 10.2. The molecule has 1 aliphatic rings. The summed E-state index contributed by atoms with van der Waals surface area (Å²) in [6.07, 6.45) is 0.434. The number of aryl methyl sites for hydroxylation is 1. The van der Waals surface area contributed by atoms with E-state index in [4.69, 9.17) is 14.6 Å². The van der Waals surface area contributed by atoms with Gasteiger partial charge < -0.3 is 19.9 Å². The van der Waals surface area contributed by atoms with E-state index in [0.717, 1.165) is 5.69 Å². The van der Waals surface area contributed by atoms with E-state index in [2.05, 4.69) is 15.3 Å². The number of hydrogen-bond donors (Lipinski definition) is 2. The van der Waals surface area contributed by atoms with E-state index >= 15 is 0 Å². The summed E-state index contributed by atoms with van der Waals surface area (Å²) < 4.78 is 10.8. The normalized spacial score (nSPS) is 21.7. The number of aliphatic carboxylic acids is 1. The molecular formula is C13H19N3O4. The van der Waals surface area contributed by atoms with Crippen LogP contribution in [0.4, 0.5) is 5.95 Å². The maximum absolute atomic E-state index is 10.8. The molecule has 2 heterocycles. The Bertz CT molecular complexity index is 481. The van der Waals surface area contributed by atoms with Gasteiger partial charge in [0.15, 0.2) is 6.10 Å². The van der Waals surface area contributed by atoms with Gasteiger partial charge in [0.05, 0.1) is 12.7 Å². The number of aromatic nitrogens is 2. The Balaban J connectivity index is 1.89. The van der Waals surface area contributed by atoms with Gasteiger partial charge in [-0.15, -0.1) is 0 Å². The van der Waals surface area contributed by atoms with Crippen molar-refractivity contribution in [3.63, 3.8) is 0 Å². The summed E-state index contributed by atoms with van der Waals surface area (Å²) in [5.41, 5.74) is 0.807. The molecule has 0 aliphatic carbocycles. The summed E-state index contributed by atoms with van der Waals surface area (Å²) in [5.74, 6) is 0.0898. The lowest BCUT2D eigenvalue weighted by molar-refractivity contribution is -0.149. The Labute approximate surface area is 117 Å². The SMILES string of the molecule is CCOc1cc(C)nc(NCC2CCC(C(=O)O)O2)n1. The van der Waals surface area contributed by atoms with Crippen LogP contribution in [0, 0.1) is 6.92 Å². The number of hydrogen-bond acceptors (Lipinski definition) is 6. The molecular weight excluding hydrogens is 262 g/mol. The molecule has 1 aromatic rings. The van der Waals surface area contributed by atoms with E-state index in [1.54, 1.807) is 6.07 Å². The number of carboxylic acids is 1. The van der Waals surface area contributed by atoms with E-state index < -0.39 is 12.1 Å². The first-order valence-corrected chi connectivity index (χ1v) is 6.69. The Hall–Kier alpha value is -1.89. The van der Waals surface area contributed by atoms with Gasteiger partial charge >= 0.3 is 5.97 Å². The van der Waals surface area contributed by atoms with E-state index in [-0.39, 0.29) is 6.10 Å². The van der Waals surface area contributed by atoms with Crippen LogP contribution in [0.1, 0.15) is 25.5 Å². The van der Waals surface area contributed by atoms with Crippen LogP contribution in [0.5, 0.6) is 5.88 Å². The average Bonchev–Trinajstić information content (AvgIpc) is 2.85. The zero-order valence-corrected chi connectivity index (χ0v) is 11.6. The molecule has 7 nitrogen and oxygen atoms in total. The van der Waals surface area contributed by atoms with Crippen molar-refractivity contribution in [1.82, 2.24) is 9.97 Å². The van der Waals surface area contributed by atoms with Crippen molar-refractivity contribution < 1.29 is 19.4 Å². The minimum atomic E-state index is -0.905. The first-order chi connectivity index (χ1) is 9.58. The van der Waals surface area contributed by atoms with Gasteiger partial charge in [-0.05, 0) is 26.7 Å². The number of carboxylic acid groups (broad SMARTS) is 1. The van der Waals surface area contributed by atoms with Gasteiger partial charge in [0.1, 0.15) is 0 Å². The van der Waals surface area contributed by atoms with Gasteiger partial charge in [-0.25, -0.2) is 9.78 Å². The van der Waals surface area contributed by atoms with E-state index in [0.29, 0.717) is 37.8 Å². The van der Waals surface area contributed by atoms with Crippen LogP contribution >= 0.6 is 0 Å². The molecule has 2 unspecified atom stereocenters. The minimum absolute atomic E-state index is 0.129. The van der Waals surface area contributed by atoms with Gasteiger partial charge in [-0.2, -0.15) is 4.98 Å². The Kier molecular flexibility index (Phi) is 4.73. The predicted octanol–water partition coefficient (Wildman–Crippen LogP) is 1.23. The third-order valence-electron chi connectivity index (χ3n) is 2.99. The van der Waals surface area contributed by atoms with E-state index in [9.17, 15) is 4.79 Å². The standard InChI is InChI=1S/C13H19N3O4/c1-3-19-11-6-8(2)15-13(16-11)14-7-9-4-5-10(20-9)12(17)18/h6,9-10H,3-5,7H2,1-2H3,(H,17,18)(H,14,15,16). The Morgan fingerprint density at radius 1 is 1.55 bits per heavy atom. The first-order valence-electron chi connectivity index (χ1n) is 6.69. The smallest absolute Gasteiger partial charge is 0.332 e. The van der Waals surface area contributed by atoms with E-state index in [1.165, 1.54) is 0 Å². The van der Waals surface area contributed by atoms with Gasteiger partial charge in [0.25, 0.3) is 0 Å². The quantitative estimate of drug-likeness (QED) is 0.809. The maximum Gasteiger partial charge on any atom is 0.332 e. The summed E-state index contributed by atoms with van der Waals surface area (Å²) in [5, 5.41) is 11.9. The molecule has 110 valence electrons. The molecule has 0 aromatic carbocycles. The van der Waals surface area contributed by atoms with Crippen molar-refractivity contribution in [2.45, 2.75) is 38.9 Å². The third-order valence-corrected chi connectivity index (χ3v) is 2.99. The molecule has 7 heteroatoms. The van der Waals surface area contributed by atoms with Gasteiger partial charge in [-0.1, -0.05) is 0 Å². The van der Waals surface area contributed by atoms with Crippen molar-refractivity contribution in [3.8, 4) is 5.88 Å². The molecule has 1 saturated heterocycles. The fourth-order valence-electron chi connectivity index (χ4n) is 2.08. The van der Waals surface area contributed by atoms with Crippen LogP contribution in [0.2, 0.25) is 0 Å². The highest BCUT2D eigenvalue weighted by Gasteiger charge is 2.30. The lowest BCUT2D eigenvalue weighted by Gasteiger charge is -2.13. The molecule has 0 bridgehead atoms. The van der Waals surface area contributed by atoms with Crippen LogP contribution in [0.15, 0.2) is 6.07 Å². The number of carbonyl (C=O) groups is 1. The first kappa shape index (κ1) is 14.5. The summed E-state index contributed by atoms with van der Waals surface area (Å²) in [6.45, 7) is 4.78. The molecule has 1 aromatic heterocycles. The van der Waals surface area contributed by atoms with Crippen LogP contribution in [0.3, 0.4) is 0 Å². The average molecular weight is 281 g/mol. The summed E-state index contributed by atoms with van der Waals surface area (Å²) in [7, 11) is 0. The summed E-state index contributed by atoms with van der Waals surface area (Å²) in [6, 6.07) is 1.77. The second-order valence-electron chi connectivity index (χ2n) is 4.65. The minimum Gasteiger partial charge on any atom is -0.479 e. The van der Waals surface area contributed by atoms with E-state index in [1.807, 2.05) is 13.8 Å². The Morgan fingerprint density at radius 2 is 2.35 bits per heavy atom. The van der Waals surface area contributed by atoms with Gasteiger partial charge in [0, 0.05) is 18.3 Å². The van der Waals surface area contributed by atoms with Crippen LogP contribution in [-0.4, -0.2) is 46.4 Å². The highest BCUT2D eigenvalue weighted by atomic mass is 16.5. The van der Waals surface area contributed by atoms with Crippen LogP contribution < -0.4 is 10.1 Å². The number of anilines is 1. The largest absolute Gasteiger partial charge is 0.479 e. The molecule has 2 N–H and O–H groups in total. The second kappa shape index (κ2) is 6.51. The molecule has 2 rings (SSSR count). The zero-order valence-electron chi connectivity index (χ0n) is 11.6. The molecule has 0 spiro atoms. The molecule has 0 saturated carbocycles. The number of ether oxygens (including phenoxy) is 2.